The van der Waals surface area contributed by atoms with Gasteiger partial charge in [0.25, 0.3) is 0 Å². The highest BCUT2D eigenvalue weighted by atomic mass is 32.2. The van der Waals surface area contributed by atoms with Gasteiger partial charge in [0.2, 0.25) is 0 Å². The highest BCUT2D eigenvalue weighted by molar-refractivity contribution is 7.98. The molecule has 1 aliphatic rings. The monoisotopic (exact) mass is 179 g/mol. The smallest absolute Gasteiger partial charge is 0.0376 e. The lowest BCUT2D eigenvalue weighted by molar-refractivity contribution is 1.08. The van der Waals surface area contributed by atoms with Gasteiger partial charge >= 0.3 is 0 Å². The molecule has 12 heavy (non-hydrogen) atoms. The number of hydrogen-bond donors (Lipinski definition) is 1. The van der Waals surface area contributed by atoms with E-state index >= 15 is 0 Å². The largest absolute Gasteiger partial charge is 0.384 e. The molecular weight excluding hydrogens is 166 g/mol. The summed E-state index contributed by atoms with van der Waals surface area (Å²) in [5, 5.41) is 3.38. The molecule has 2 rings (SSSR count). The van der Waals surface area contributed by atoms with Crippen LogP contribution in [0.5, 0.6) is 0 Å². The van der Waals surface area contributed by atoms with E-state index in [2.05, 4.69) is 30.6 Å². The zero-order valence-corrected chi connectivity index (χ0v) is 8.29. The Morgan fingerprint density at radius 1 is 1.42 bits per heavy atom. The Morgan fingerprint density at radius 2 is 2.25 bits per heavy atom. The lowest BCUT2D eigenvalue weighted by Gasteiger charge is -2.07. The Morgan fingerprint density at radius 3 is 3.00 bits per heavy atom. The molecule has 0 amide bonds. The molecule has 2 heteroatoms. The van der Waals surface area contributed by atoms with Crippen LogP contribution in [0.25, 0.3) is 0 Å². The van der Waals surface area contributed by atoms with Gasteiger partial charge in [-0.2, -0.15) is 0 Å². The van der Waals surface area contributed by atoms with E-state index in [1.54, 1.807) is 0 Å². The highest BCUT2D eigenvalue weighted by Crippen LogP contribution is 2.31. The number of hydrogen-bond acceptors (Lipinski definition) is 2. The molecule has 0 spiro atoms. The van der Waals surface area contributed by atoms with Crippen molar-refractivity contribution in [2.75, 3.05) is 18.1 Å². The molecule has 0 saturated carbocycles. The summed E-state index contributed by atoms with van der Waals surface area (Å²) < 4.78 is 0. The zero-order valence-electron chi connectivity index (χ0n) is 7.48. The minimum atomic E-state index is 1.11. The molecule has 0 aliphatic carbocycles. The predicted molar refractivity (Wildman–Crippen MR) is 55.2 cm³/mol. The van der Waals surface area contributed by atoms with Crippen LogP contribution in [0.15, 0.2) is 17.0 Å². The van der Waals surface area contributed by atoms with Crippen LogP contribution in [0.4, 0.5) is 5.69 Å². The van der Waals surface area contributed by atoms with Gasteiger partial charge in [0.15, 0.2) is 0 Å². The molecule has 1 N–H and O–H groups in total. The van der Waals surface area contributed by atoms with Gasteiger partial charge in [-0.3, -0.25) is 0 Å². The minimum absolute atomic E-state index is 1.11. The Balaban J connectivity index is 2.54. The van der Waals surface area contributed by atoms with Crippen LogP contribution >= 0.6 is 11.8 Å². The van der Waals surface area contributed by atoms with E-state index in [1.165, 1.54) is 28.1 Å². The molecule has 0 fully saturated rings. The number of anilines is 1. The summed E-state index contributed by atoms with van der Waals surface area (Å²) in [4.78, 5) is 1.41. The van der Waals surface area contributed by atoms with Gasteiger partial charge in [-0.15, -0.1) is 11.8 Å². The number of thioether (sulfide) groups is 1. The summed E-state index contributed by atoms with van der Waals surface area (Å²) in [6.45, 7) is 3.33. The van der Waals surface area contributed by atoms with Crippen molar-refractivity contribution in [3.8, 4) is 0 Å². The second kappa shape index (κ2) is 3.02. The lowest BCUT2D eigenvalue weighted by Crippen LogP contribution is -1.90. The van der Waals surface area contributed by atoms with E-state index in [-0.39, 0.29) is 0 Å². The first-order valence-corrected chi connectivity index (χ1v) is 5.45. The fourth-order valence-electron chi connectivity index (χ4n) is 1.77. The van der Waals surface area contributed by atoms with Gasteiger partial charge in [0.05, 0.1) is 0 Å². The lowest BCUT2D eigenvalue weighted by atomic mass is 10.1. The Labute approximate surface area is 77.6 Å². The van der Waals surface area contributed by atoms with Crippen LogP contribution in [-0.4, -0.2) is 12.8 Å². The SMILES string of the molecule is CSc1ccc2c(c1C)CCN2. The third kappa shape index (κ3) is 1.11. The Bertz CT molecular complexity index is 307. The van der Waals surface area contributed by atoms with Crippen LogP contribution in [0.2, 0.25) is 0 Å². The molecule has 0 radical (unpaired) electrons. The maximum atomic E-state index is 3.38. The first-order chi connectivity index (χ1) is 5.83. The minimum Gasteiger partial charge on any atom is -0.384 e. The van der Waals surface area contributed by atoms with Crippen molar-refractivity contribution >= 4 is 17.4 Å². The molecule has 0 saturated heterocycles. The van der Waals surface area contributed by atoms with Crippen molar-refractivity contribution in [3.05, 3.63) is 23.3 Å². The molecular formula is C10H13NS. The van der Waals surface area contributed by atoms with Crippen molar-refractivity contribution < 1.29 is 0 Å². The van der Waals surface area contributed by atoms with Gasteiger partial charge < -0.3 is 5.32 Å². The van der Waals surface area contributed by atoms with Gasteiger partial charge in [0, 0.05) is 17.1 Å². The summed E-state index contributed by atoms with van der Waals surface area (Å²) in [7, 11) is 0. The number of fused-ring (bicyclic) bond motifs is 1. The standard InChI is InChI=1S/C10H13NS/c1-7-8-5-6-11-9(8)3-4-10(7)12-2/h3-4,11H,5-6H2,1-2H3. The van der Waals surface area contributed by atoms with Crippen LogP contribution in [0.3, 0.4) is 0 Å². The van der Waals surface area contributed by atoms with Crippen LogP contribution in [0.1, 0.15) is 11.1 Å². The molecule has 1 nitrogen and oxygen atoms in total. The average Bonchev–Trinajstić information content (AvgIpc) is 2.53. The molecule has 0 unspecified atom stereocenters. The van der Waals surface area contributed by atoms with Crippen LogP contribution < -0.4 is 5.32 Å². The van der Waals surface area contributed by atoms with Gasteiger partial charge in [-0.1, -0.05) is 0 Å². The first kappa shape index (κ1) is 7.99. The van der Waals surface area contributed by atoms with Crippen molar-refractivity contribution in [3.63, 3.8) is 0 Å². The summed E-state index contributed by atoms with van der Waals surface area (Å²) in [5.74, 6) is 0. The summed E-state index contributed by atoms with van der Waals surface area (Å²) in [6.07, 6.45) is 3.33. The molecule has 0 aromatic heterocycles. The third-order valence-electron chi connectivity index (χ3n) is 2.46. The topological polar surface area (TPSA) is 12.0 Å². The van der Waals surface area contributed by atoms with E-state index in [0.29, 0.717) is 0 Å². The summed E-state index contributed by atoms with van der Waals surface area (Å²) >= 11 is 1.83. The molecule has 64 valence electrons. The second-order valence-electron chi connectivity index (χ2n) is 3.10. The molecule has 1 heterocycles. The van der Waals surface area contributed by atoms with Gasteiger partial charge in [0.1, 0.15) is 0 Å². The first-order valence-electron chi connectivity index (χ1n) is 4.23. The third-order valence-corrected chi connectivity index (χ3v) is 3.34. The summed E-state index contributed by atoms with van der Waals surface area (Å²) in [5.41, 5.74) is 4.32. The van der Waals surface area contributed by atoms with Crippen molar-refractivity contribution in [2.24, 2.45) is 0 Å². The molecule has 1 aromatic carbocycles. The molecule has 0 bridgehead atoms. The summed E-state index contributed by atoms with van der Waals surface area (Å²) in [6, 6.07) is 4.40. The van der Waals surface area contributed by atoms with E-state index in [9.17, 15) is 0 Å². The van der Waals surface area contributed by atoms with Crippen LogP contribution in [-0.2, 0) is 6.42 Å². The van der Waals surface area contributed by atoms with E-state index in [4.69, 9.17) is 0 Å². The molecule has 1 aliphatic heterocycles. The van der Waals surface area contributed by atoms with Crippen molar-refractivity contribution in [1.29, 1.82) is 0 Å². The maximum Gasteiger partial charge on any atom is 0.0376 e. The highest BCUT2D eigenvalue weighted by Gasteiger charge is 2.13. The predicted octanol–water partition coefficient (Wildman–Crippen LogP) is 2.68. The number of benzene rings is 1. The molecule has 0 atom stereocenters. The van der Waals surface area contributed by atoms with Gasteiger partial charge in [-0.25, -0.2) is 0 Å². The zero-order chi connectivity index (χ0) is 8.55. The molecule has 1 aromatic rings. The average molecular weight is 179 g/mol. The normalized spacial score (nSPS) is 14.2. The van der Waals surface area contributed by atoms with Crippen molar-refractivity contribution in [2.45, 2.75) is 18.2 Å². The Hall–Kier alpha value is -0.630. The fraction of sp³-hybridized carbons (Fsp3) is 0.400. The quantitative estimate of drug-likeness (QED) is 0.665. The van der Waals surface area contributed by atoms with Gasteiger partial charge in [-0.05, 0) is 42.9 Å². The number of rotatable bonds is 1. The van der Waals surface area contributed by atoms with Crippen molar-refractivity contribution in [1.82, 2.24) is 0 Å². The van der Waals surface area contributed by atoms with E-state index < -0.39 is 0 Å². The fourth-order valence-corrected chi connectivity index (χ4v) is 2.40. The maximum absolute atomic E-state index is 3.38. The number of nitrogens with one attached hydrogen (secondary N) is 1. The van der Waals surface area contributed by atoms with E-state index in [1.807, 2.05) is 11.8 Å². The second-order valence-corrected chi connectivity index (χ2v) is 3.94. The van der Waals surface area contributed by atoms with E-state index in [0.717, 1.165) is 6.54 Å². The van der Waals surface area contributed by atoms with Crippen LogP contribution in [0, 0.1) is 6.92 Å². The Kier molecular flexibility index (Phi) is 2.01.